The third kappa shape index (κ3) is 6.20. The Morgan fingerprint density at radius 2 is 1.93 bits per heavy atom. The first-order valence-electron chi connectivity index (χ1n) is 9.30. The summed E-state index contributed by atoms with van der Waals surface area (Å²) >= 11 is 0. The average Bonchev–Trinajstić information content (AvgIpc) is 2.57. The Morgan fingerprint density at radius 3 is 2.41 bits per heavy atom. The molecule has 0 aromatic heterocycles. The fraction of sp³-hybridized carbons (Fsp3) is 0.889. The third-order valence-electron chi connectivity index (χ3n) is 5.26. The van der Waals surface area contributed by atoms with Crippen molar-refractivity contribution in [1.29, 1.82) is 0 Å². The van der Waals surface area contributed by atoms with E-state index in [1.807, 2.05) is 13.8 Å². The van der Waals surface area contributed by atoms with Crippen LogP contribution in [0.2, 0.25) is 0 Å². The van der Waals surface area contributed by atoms with Crippen LogP contribution in [0.25, 0.3) is 0 Å². The van der Waals surface area contributed by atoms with Gasteiger partial charge in [-0.15, -0.1) is 0 Å². The smallest absolute Gasteiger partial charge is 0.323 e. The molecule has 27 heavy (non-hydrogen) atoms. The van der Waals surface area contributed by atoms with Crippen LogP contribution in [0.5, 0.6) is 0 Å². The molecule has 8 atom stereocenters. The van der Waals surface area contributed by atoms with Gasteiger partial charge in [0.15, 0.2) is 5.78 Å². The third-order valence-corrected chi connectivity index (χ3v) is 5.26. The van der Waals surface area contributed by atoms with Gasteiger partial charge in [-0.05, 0) is 12.8 Å². The van der Waals surface area contributed by atoms with E-state index >= 15 is 0 Å². The number of ether oxygens (including phenoxy) is 2. The van der Waals surface area contributed by atoms with Crippen LogP contribution in [0.4, 0.5) is 0 Å². The summed E-state index contributed by atoms with van der Waals surface area (Å²) in [6.45, 7) is 5.92. The maximum Gasteiger partial charge on any atom is 0.323 e. The molecule has 1 fully saturated rings. The number of Topliss-reactive ketones (excluding diaryl/α,β-unsaturated/α-hetero) is 1. The monoisotopic (exact) mass is 391 g/mol. The molecule has 0 amide bonds. The largest absolute Gasteiger partial charge is 0.462 e. The second-order valence-corrected chi connectivity index (χ2v) is 7.52. The zero-order valence-corrected chi connectivity index (χ0v) is 16.4. The minimum absolute atomic E-state index is 0.0725. The van der Waals surface area contributed by atoms with Gasteiger partial charge in [-0.3, -0.25) is 9.59 Å². The Kier molecular flexibility index (Phi) is 8.78. The number of ketones is 1. The van der Waals surface area contributed by atoms with E-state index in [-0.39, 0.29) is 25.4 Å². The van der Waals surface area contributed by atoms with Gasteiger partial charge in [0.05, 0.1) is 24.4 Å². The minimum Gasteiger partial charge on any atom is -0.462 e. The Bertz CT molecular complexity index is 514. The van der Waals surface area contributed by atoms with Gasteiger partial charge in [0, 0.05) is 25.7 Å². The highest BCUT2D eigenvalue weighted by Crippen LogP contribution is 2.36. The number of rotatable bonds is 9. The van der Waals surface area contributed by atoms with E-state index in [4.69, 9.17) is 15.2 Å². The highest BCUT2D eigenvalue weighted by Gasteiger charge is 2.50. The first-order valence-corrected chi connectivity index (χ1v) is 9.30. The number of aliphatic hydroxyl groups is 4. The van der Waals surface area contributed by atoms with Crippen molar-refractivity contribution in [2.24, 2.45) is 17.6 Å². The van der Waals surface area contributed by atoms with Crippen LogP contribution in [0.15, 0.2) is 0 Å². The quantitative estimate of drug-likeness (QED) is 0.313. The second kappa shape index (κ2) is 9.90. The Morgan fingerprint density at radius 1 is 1.33 bits per heavy atom. The number of esters is 1. The first kappa shape index (κ1) is 23.9. The lowest BCUT2D eigenvalue weighted by molar-refractivity contribution is -0.285. The van der Waals surface area contributed by atoms with Gasteiger partial charge in [-0.1, -0.05) is 20.3 Å². The molecule has 0 aromatic rings. The molecule has 0 aromatic carbocycles. The summed E-state index contributed by atoms with van der Waals surface area (Å²) in [5.41, 5.74) is 5.77. The molecule has 1 saturated heterocycles. The zero-order valence-electron chi connectivity index (χ0n) is 16.4. The Balaban J connectivity index is 2.74. The summed E-state index contributed by atoms with van der Waals surface area (Å²) in [7, 11) is 0. The fourth-order valence-electron chi connectivity index (χ4n) is 3.21. The van der Waals surface area contributed by atoms with Crippen molar-refractivity contribution in [3.63, 3.8) is 0 Å². The lowest BCUT2D eigenvalue weighted by Gasteiger charge is -2.44. The summed E-state index contributed by atoms with van der Waals surface area (Å²) in [6.07, 6.45) is -4.24. The molecule has 0 saturated carbocycles. The summed E-state index contributed by atoms with van der Waals surface area (Å²) in [5.74, 6) is -4.41. The highest BCUT2D eigenvalue weighted by molar-refractivity contribution is 5.83. The van der Waals surface area contributed by atoms with Gasteiger partial charge in [0.1, 0.15) is 12.6 Å². The fourth-order valence-corrected chi connectivity index (χ4v) is 3.21. The molecular weight excluding hydrogens is 358 g/mol. The first-order chi connectivity index (χ1) is 12.4. The predicted octanol–water partition coefficient (Wildman–Crippen LogP) is -0.922. The Labute approximate surface area is 159 Å². The van der Waals surface area contributed by atoms with E-state index in [2.05, 4.69) is 0 Å². The average molecular weight is 391 g/mol. The van der Waals surface area contributed by atoms with Gasteiger partial charge in [-0.2, -0.15) is 0 Å². The predicted molar refractivity (Wildman–Crippen MR) is 95.3 cm³/mol. The van der Waals surface area contributed by atoms with Crippen molar-refractivity contribution < 1.29 is 39.5 Å². The van der Waals surface area contributed by atoms with Crippen LogP contribution in [-0.2, 0) is 19.1 Å². The van der Waals surface area contributed by atoms with E-state index in [1.165, 1.54) is 6.92 Å². The molecule has 0 bridgehead atoms. The number of hydrogen-bond acceptors (Lipinski definition) is 9. The van der Waals surface area contributed by atoms with Crippen molar-refractivity contribution in [1.82, 2.24) is 0 Å². The van der Waals surface area contributed by atoms with Crippen LogP contribution < -0.4 is 5.73 Å². The van der Waals surface area contributed by atoms with Gasteiger partial charge in [0.2, 0.25) is 5.79 Å². The van der Waals surface area contributed by atoms with Crippen molar-refractivity contribution in [3.05, 3.63) is 0 Å². The van der Waals surface area contributed by atoms with Gasteiger partial charge >= 0.3 is 5.97 Å². The summed E-state index contributed by atoms with van der Waals surface area (Å²) in [5, 5.41) is 40.7. The Hall–Kier alpha value is -1.10. The summed E-state index contributed by atoms with van der Waals surface area (Å²) in [4.78, 5) is 23.6. The number of carbonyl (C=O) groups excluding carboxylic acids is 2. The molecule has 9 nitrogen and oxygen atoms in total. The molecule has 1 aliphatic rings. The van der Waals surface area contributed by atoms with Gasteiger partial charge in [-0.25, -0.2) is 0 Å². The van der Waals surface area contributed by atoms with E-state index in [9.17, 15) is 30.0 Å². The van der Waals surface area contributed by atoms with E-state index < -0.39 is 53.9 Å². The molecule has 158 valence electrons. The van der Waals surface area contributed by atoms with Crippen LogP contribution in [-0.4, -0.2) is 75.0 Å². The highest BCUT2D eigenvalue weighted by atomic mass is 16.6. The number of carbonyl (C=O) groups is 2. The molecular formula is C18H33NO8. The number of aliphatic hydroxyl groups excluding tert-OH is 3. The van der Waals surface area contributed by atoms with Gasteiger partial charge < -0.3 is 35.6 Å². The lowest BCUT2D eigenvalue weighted by atomic mass is 9.81. The number of hydrogen-bond donors (Lipinski definition) is 5. The van der Waals surface area contributed by atoms with Gasteiger partial charge in [0.25, 0.3) is 0 Å². The van der Waals surface area contributed by atoms with E-state index in [0.717, 1.165) is 6.92 Å². The second-order valence-electron chi connectivity index (χ2n) is 7.52. The molecule has 0 spiro atoms. The van der Waals surface area contributed by atoms with Crippen molar-refractivity contribution in [3.8, 4) is 0 Å². The molecule has 1 aliphatic heterocycles. The summed E-state index contributed by atoms with van der Waals surface area (Å²) < 4.78 is 10.4. The van der Waals surface area contributed by atoms with Crippen LogP contribution in [0, 0.1) is 11.8 Å². The van der Waals surface area contributed by atoms with Crippen LogP contribution >= 0.6 is 0 Å². The molecule has 4 unspecified atom stereocenters. The van der Waals surface area contributed by atoms with E-state index in [0.29, 0.717) is 6.42 Å². The molecule has 1 heterocycles. The molecule has 9 heteroatoms. The lowest BCUT2D eigenvalue weighted by Crippen LogP contribution is -2.58. The molecule has 1 rings (SSSR count). The normalized spacial score (nSPS) is 33.0. The van der Waals surface area contributed by atoms with E-state index in [1.54, 1.807) is 0 Å². The topological polar surface area (TPSA) is 160 Å². The molecule has 6 N–H and O–H groups in total. The van der Waals surface area contributed by atoms with Crippen molar-refractivity contribution in [2.75, 3.05) is 6.61 Å². The zero-order chi connectivity index (χ0) is 20.9. The maximum atomic E-state index is 11.9. The molecule has 0 radical (unpaired) electrons. The van der Waals surface area contributed by atoms with Crippen molar-refractivity contribution in [2.45, 2.75) is 83.2 Å². The maximum absolute atomic E-state index is 11.9. The number of nitrogens with two attached hydrogens (primary N) is 1. The van der Waals surface area contributed by atoms with Crippen LogP contribution in [0.3, 0.4) is 0 Å². The minimum atomic E-state index is -2.19. The standard InChI is InChI=1S/C18H33NO8/c1-5-9(2)16(19)17(24)26-8-12(22)6-14-15(10(3)20)13(23)7-18(25,27-14)11(4)21/h9-10,12-16,20,22-23,25H,5-8,19H2,1-4H3/t9-,10-,12+,13?,14?,15?,16-,18?/m1/s1. The molecule has 0 aliphatic carbocycles. The van der Waals surface area contributed by atoms with Crippen molar-refractivity contribution >= 4 is 11.8 Å². The SMILES string of the molecule is CC[C@@H](C)[C@@H](N)C(=O)OC[C@@H](O)CC1OC(O)(C(C)=O)CC(O)C1[C@@H](C)O. The summed E-state index contributed by atoms with van der Waals surface area (Å²) in [6, 6.07) is -0.803. The van der Waals surface area contributed by atoms with Crippen LogP contribution in [0.1, 0.15) is 47.0 Å².